The van der Waals surface area contributed by atoms with Crippen molar-refractivity contribution in [3.8, 4) is 11.5 Å². The van der Waals surface area contributed by atoms with E-state index in [2.05, 4.69) is 38.1 Å². The Labute approximate surface area is 349 Å². The highest BCUT2D eigenvalue weighted by Crippen LogP contribution is 2.31. The van der Waals surface area contributed by atoms with Crippen molar-refractivity contribution < 1.29 is 13.6 Å². The average Bonchev–Trinajstić information content (AvgIpc) is 3.21. The second kappa shape index (κ2) is 38.6. The molecule has 0 bridgehead atoms. The Hall–Kier alpha value is -1.86. The van der Waals surface area contributed by atoms with Gasteiger partial charge in [-0.15, -0.1) is 0 Å². The zero-order valence-electron chi connectivity index (χ0n) is 37.2. The summed E-state index contributed by atoms with van der Waals surface area (Å²) in [7, 11) is -2.26. The Balaban J connectivity index is 1.37. The van der Waals surface area contributed by atoms with Gasteiger partial charge in [0.2, 0.25) is 0 Å². The van der Waals surface area contributed by atoms with Crippen molar-refractivity contribution in [3.63, 3.8) is 0 Å². The third-order valence-electron chi connectivity index (χ3n) is 11.8. The number of unbranched alkanes of at least 4 members (excludes halogenated alkanes) is 34. The maximum absolute atomic E-state index is 12.6. The van der Waals surface area contributed by atoms with E-state index in [1.807, 2.05) is 24.3 Å². The van der Waals surface area contributed by atoms with E-state index in [-0.39, 0.29) is 0 Å². The van der Waals surface area contributed by atoms with Gasteiger partial charge in [-0.1, -0.05) is 256 Å². The second-order valence-corrected chi connectivity index (χ2v) is 18.0. The van der Waals surface area contributed by atoms with Crippen LogP contribution in [0, 0.1) is 0 Å². The van der Waals surface area contributed by atoms with Crippen LogP contribution in [0.4, 0.5) is 0 Å². The molecule has 0 aliphatic rings. The molecule has 3 nitrogen and oxygen atoms in total. The molecule has 0 aliphatic carbocycles. The number of benzene rings is 2. The molecule has 0 saturated carbocycles. The number of hydrogen-bond acceptors (Lipinski definition) is 3. The van der Waals surface area contributed by atoms with Crippen molar-refractivity contribution in [2.45, 2.75) is 258 Å². The van der Waals surface area contributed by atoms with Gasteiger partial charge in [-0.25, -0.2) is 9.05 Å². The average molecular weight is 794 g/mol. The molecule has 320 valence electrons. The molecule has 0 saturated heterocycles. The minimum absolute atomic E-state index is 0.596. The quantitative estimate of drug-likeness (QED) is 0.0496. The van der Waals surface area contributed by atoms with Gasteiger partial charge in [0.05, 0.1) is 0 Å². The molecular formula is C52H90O3P+. The first-order valence-electron chi connectivity index (χ1n) is 24.7. The van der Waals surface area contributed by atoms with E-state index in [0.29, 0.717) is 11.5 Å². The summed E-state index contributed by atoms with van der Waals surface area (Å²) in [6, 6.07) is 16.1. The predicted molar refractivity (Wildman–Crippen MR) is 247 cm³/mol. The van der Waals surface area contributed by atoms with Gasteiger partial charge in [0.15, 0.2) is 11.5 Å². The molecule has 0 aliphatic heterocycles. The summed E-state index contributed by atoms with van der Waals surface area (Å²) >= 11 is 0. The van der Waals surface area contributed by atoms with Crippen LogP contribution in [0.3, 0.4) is 0 Å². The van der Waals surface area contributed by atoms with Gasteiger partial charge in [-0.2, -0.15) is 0 Å². The monoisotopic (exact) mass is 794 g/mol. The molecule has 4 heteroatoms. The van der Waals surface area contributed by atoms with Crippen molar-refractivity contribution >= 4 is 8.25 Å². The molecule has 0 heterocycles. The molecule has 0 N–H and O–H groups in total. The Morgan fingerprint density at radius 2 is 0.500 bits per heavy atom. The standard InChI is InChI=1S/C52H90O3P/c1-3-5-7-9-11-13-15-17-19-21-23-25-27-29-31-33-35-37-39-49-41-45-51(46-42-49)54-56(53)55-52-47-43-50(44-48-52)40-38-36-34-32-30-28-26-24-22-20-18-16-14-12-10-8-6-4-2/h41-48H,3-40H2,1-2H3/q+1. The largest absolute Gasteiger partial charge is 0.805 e. The molecular weight excluding hydrogens is 704 g/mol. The molecule has 0 aromatic heterocycles. The van der Waals surface area contributed by atoms with Crippen molar-refractivity contribution in [1.29, 1.82) is 0 Å². The Morgan fingerprint density at radius 1 is 0.304 bits per heavy atom. The van der Waals surface area contributed by atoms with Crippen LogP contribution in [0.2, 0.25) is 0 Å². The lowest BCUT2D eigenvalue weighted by atomic mass is 10.0. The summed E-state index contributed by atoms with van der Waals surface area (Å²) in [6.45, 7) is 4.59. The van der Waals surface area contributed by atoms with Crippen LogP contribution in [0.1, 0.15) is 256 Å². The minimum atomic E-state index is -2.26. The molecule has 0 atom stereocenters. The third-order valence-corrected chi connectivity index (χ3v) is 12.6. The van der Waals surface area contributed by atoms with Crippen molar-refractivity contribution in [2.75, 3.05) is 0 Å². The van der Waals surface area contributed by atoms with E-state index in [9.17, 15) is 4.57 Å². The summed E-state index contributed by atoms with van der Waals surface area (Å²) < 4.78 is 23.8. The summed E-state index contributed by atoms with van der Waals surface area (Å²) in [4.78, 5) is 0. The molecule has 0 fully saturated rings. The highest BCUT2D eigenvalue weighted by atomic mass is 31.1. The van der Waals surface area contributed by atoms with E-state index in [1.54, 1.807) is 0 Å². The molecule has 2 rings (SSSR count). The minimum Gasteiger partial charge on any atom is -0.222 e. The smallest absolute Gasteiger partial charge is 0.222 e. The Kier molecular flexibility index (Phi) is 34.7. The number of aryl methyl sites for hydroxylation is 2. The lowest BCUT2D eigenvalue weighted by Crippen LogP contribution is -1.91. The Morgan fingerprint density at radius 3 is 0.714 bits per heavy atom. The van der Waals surface area contributed by atoms with Crippen molar-refractivity contribution in [3.05, 3.63) is 59.7 Å². The summed E-state index contributed by atoms with van der Waals surface area (Å²) in [5.41, 5.74) is 2.63. The lowest BCUT2D eigenvalue weighted by Gasteiger charge is -2.04. The van der Waals surface area contributed by atoms with Gasteiger partial charge in [-0.3, -0.25) is 0 Å². The maximum Gasteiger partial charge on any atom is 0.805 e. The molecule has 0 spiro atoms. The van der Waals surface area contributed by atoms with Gasteiger partial charge < -0.3 is 0 Å². The van der Waals surface area contributed by atoms with Crippen molar-refractivity contribution in [2.24, 2.45) is 0 Å². The Bertz CT molecular complexity index is 1030. The molecule has 2 aromatic rings. The lowest BCUT2D eigenvalue weighted by molar-refractivity contribution is 0.415. The normalized spacial score (nSPS) is 11.3. The molecule has 0 amide bonds. The molecule has 56 heavy (non-hydrogen) atoms. The van der Waals surface area contributed by atoms with Crippen LogP contribution in [0.15, 0.2) is 48.5 Å². The van der Waals surface area contributed by atoms with E-state index in [0.717, 1.165) is 12.8 Å². The van der Waals surface area contributed by atoms with Crippen LogP contribution in [-0.4, -0.2) is 0 Å². The molecule has 2 aromatic carbocycles. The summed E-state index contributed by atoms with van der Waals surface area (Å²) in [5.74, 6) is 1.19. The predicted octanol–water partition coefficient (Wildman–Crippen LogP) is 19.0. The van der Waals surface area contributed by atoms with Crippen LogP contribution >= 0.6 is 8.25 Å². The van der Waals surface area contributed by atoms with Crippen LogP contribution in [0.25, 0.3) is 0 Å². The van der Waals surface area contributed by atoms with Crippen LogP contribution < -0.4 is 9.05 Å². The van der Waals surface area contributed by atoms with Crippen LogP contribution in [-0.2, 0) is 17.4 Å². The maximum atomic E-state index is 12.6. The first kappa shape index (κ1) is 50.3. The fourth-order valence-electron chi connectivity index (χ4n) is 8.09. The topological polar surface area (TPSA) is 35.5 Å². The molecule has 0 unspecified atom stereocenters. The second-order valence-electron chi connectivity index (χ2n) is 17.2. The van der Waals surface area contributed by atoms with Gasteiger partial charge >= 0.3 is 8.25 Å². The number of rotatable bonds is 42. The zero-order valence-corrected chi connectivity index (χ0v) is 38.1. The highest BCUT2D eigenvalue weighted by Gasteiger charge is 2.24. The van der Waals surface area contributed by atoms with Gasteiger partial charge in [0.1, 0.15) is 0 Å². The SMILES string of the molecule is CCCCCCCCCCCCCCCCCCCCc1ccc(O[P+](=O)Oc2ccc(CCCCCCCCCCCCCCCCCCCC)cc2)cc1. The van der Waals surface area contributed by atoms with Crippen LogP contribution in [0.5, 0.6) is 11.5 Å². The first-order valence-corrected chi connectivity index (χ1v) is 25.8. The zero-order chi connectivity index (χ0) is 39.8. The van der Waals surface area contributed by atoms with E-state index in [4.69, 9.17) is 9.05 Å². The third kappa shape index (κ3) is 31.2. The summed E-state index contributed by atoms with van der Waals surface area (Å²) in [5, 5.41) is 0. The van der Waals surface area contributed by atoms with Crippen molar-refractivity contribution in [1.82, 2.24) is 0 Å². The number of hydrogen-bond donors (Lipinski definition) is 0. The van der Waals surface area contributed by atoms with E-state index >= 15 is 0 Å². The first-order chi connectivity index (χ1) is 27.7. The van der Waals surface area contributed by atoms with Gasteiger partial charge in [-0.05, 0) is 61.1 Å². The fourth-order valence-corrected chi connectivity index (χ4v) is 8.71. The fraction of sp³-hybridized carbons (Fsp3) is 0.769. The summed E-state index contributed by atoms with van der Waals surface area (Å²) in [6.07, 6.45) is 52.8. The van der Waals surface area contributed by atoms with Gasteiger partial charge in [0, 0.05) is 4.57 Å². The van der Waals surface area contributed by atoms with E-state index in [1.165, 1.54) is 242 Å². The highest BCUT2D eigenvalue weighted by molar-refractivity contribution is 7.34. The van der Waals surface area contributed by atoms with E-state index < -0.39 is 8.25 Å². The van der Waals surface area contributed by atoms with Gasteiger partial charge in [0.25, 0.3) is 0 Å². The molecule has 0 radical (unpaired) electrons.